The molecule has 4 rings (SSSR count). The van der Waals surface area contributed by atoms with Crippen LogP contribution in [0.5, 0.6) is 0 Å². The van der Waals surface area contributed by atoms with E-state index in [2.05, 4.69) is 25.5 Å². The fourth-order valence-electron chi connectivity index (χ4n) is 2.96. The first-order valence-electron chi connectivity index (χ1n) is 8.59. The van der Waals surface area contributed by atoms with Crippen LogP contribution in [0.3, 0.4) is 0 Å². The van der Waals surface area contributed by atoms with Crippen molar-refractivity contribution in [3.05, 3.63) is 59.1 Å². The monoisotopic (exact) mass is 367 g/mol. The number of carbonyl (C=O) groups excluding carboxylic acids is 1. The van der Waals surface area contributed by atoms with Crippen molar-refractivity contribution in [3.63, 3.8) is 0 Å². The Bertz CT molecular complexity index is 903. The van der Waals surface area contributed by atoms with Crippen molar-refractivity contribution < 1.29 is 4.79 Å². The van der Waals surface area contributed by atoms with Crippen molar-refractivity contribution in [3.8, 4) is 11.3 Å². The van der Waals surface area contributed by atoms with Gasteiger partial charge in [-0.2, -0.15) is 5.10 Å². The minimum absolute atomic E-state index is 0.0493. The van der Waals surface area contributed by atoms with Gasteiger partial charge in [0, 0.05) is 36.1 Å². The van der Waals surface area contributed by atoms with Crippen LogP contribution in [0.2, 0.25) is 5.15 Å². The molecule has 1 aliphatic carbocycles. The number of aromatic amines is 1. The van der Waals surface area contributed by atoms with Gasteiger partial charge in [0.25, 0.3) is 0 Å². The molecule has 26 heavy (non-hydrogen) atoms. The number of aromatic nitrogens is 4. The maximum atomic E-state index is 12.4. The zero-order valence-electron chi connectivity index (χ0n) is 14.1. The third kappa shape index (κ3) is 3.75. The summed E-state index contributed by atoms with van der Waals surface area (Å²) in [7, 11) is 0. The van der Waals surface area contributed by atoms with Gasteiger partial charge in [0.15, 0.2) is 0 Å². The Morgan fingerprint density at radius 3 is 2.73 bits per heavy atom. The van der Waals surface area contributed by atoms with E-state index in [4.69, 9.17) is 11.6 Å². The van der Waals surface area contributed by atoms with Crippen molar-refractivity contribution in [1.29, 1.82) is 0 Å². The molecule has 3 heterocycles. The standard InChI is InChI=1S/C19H18ClN5O/c20-15-5-1-12(11-22-15)2-6-16(26)23-19-17(13-3-4-13)18(24-25-19)14-7-9-21-10-8-14/h1,5,7-11,13H,2-4,6H2,(H2,23,24,25,26). The summed E-state index contributed by atoms with van der Waals surface area (Å²) in [4.78, 5) is 20.5. The quantitative estimate of drug-likeness (QED) is 0.646. The second-order valence-corrected chi connectivity index (χ2v) is 6.80. The number of anilines is 1. The van der Waals surface area contributed by atoms with Crippen LogP contribution >= 0.6 is 11.6 Å². The van der Waals surface area contributed by atoms with Crippen LogP contribution < -0.4 is 5.32 Å². The summed E-state index contributed by atoms with van der Waals surface area (Å²) in [5.74, 6) is 1.11. The van der Waals surface area contributed by atoms with Gasteiger partial charge in [-0.1, -0.05) is 17.7 Å². The summed E-state index contributed by atoms with van der Waals surface area (Å²) in [5.41, 5.74) is 3.98. The average molecular weight is 368 g/mol. The minimum Gasteiger partial charge on any atom is -0.311 e. The molecule has 1 fully saturated rings. The summed E-state index contributed by atoms with van der Waals surface area (Å²) in [6, 6.07) is 7.48. The van der Waals surface area contributed by atoms with E-state index in [0.29, 0.717) is 29.7 Å². The highest BCUT2D eigenvalue weighted by Gasteiger charge is 2.32. The van der Waals surface area contributed by atoms with Crippen LogP contribution in [0.4, 0.5) is 5.82 Å². The third-order valence-corrected chi connectivity index (χ3v) is 4.66. The maximum Gasteiger partial charge on any atom is 0.225 e. The molecule has 7 heteroatoms. The van der Waals surface area contributed by atoms with Crippen LogP contribution in [-0.4, -0.2) is 26.1 Å². The van der Waals surface area contributed by atoms with E-state index in [0.717, 1.165) is 35.2 Å². The van der Waals surface area contributed by atoms with Gasteiger partial charge in [-0.3, -0.25) is 14.9 Å². The molecule has 0 spiro atoms. The Morgan fingerprint density at radius 2 is 2.04 bits per heavy atom. The van der Waals surface area contributed by atoms with E-state index in [1.54, 1.807) is 24.7 Å². The van der Waals surface area contributed by atoms with Gasteiger partial charge in [-0.25, -0.2) is 4.98 Å². The number of H-pyrrole nitrogens is 1. The van der Waals surface area contributed by atoms with Gasteiger partial charge in [-0.05, 0) is 48.9 Å². The molecule has 0 aliphatic heterocycles. The smallest absolute Gasteiger partial charge is 0.225 e. The SMILES string of the molecule is O=C(CCc1ccc(Cl)nc1)Nc1[nH]nc(-c2ccncc2)c1C1CC1. The molecular weight excluding hydrogens is 350 g/mol. The number of hydrogen-bond acceptors (Lipinski definition) is 4. The van der Waals surface area contributed by atoms with Gasteiger partial charge in [0.05, 0.1) is 5.69 Å². The van der Waals surface area contributed by atoms with Crippen molar-refractivity contribution in [2.75, 3.05) is 5.32 Å². The Hall–Kier alpha value is -2.73. The third-order valence-electron chi connectivity index (χ3n) is 4.44. The van der Waals surface area contributed by atoms with E-state index in [1.807, 2.05) is 18.2 Å². The van der Waals surface area contributed by atoms with E-state index < -0.39 is 0 Å². The van der Waals surface area contributed by atoms with Crippen LogP contribution in [0.25, 0.3) is 11.3 Å². The van der Waals surface area contributed by atoms with Gasteiger partial charge in [-0.15, -0.1) is 0 Å². The topological polar surface area (TPSA) is 83.6 Å². The molecule has 3 aromatic rings. The number of amides is 1. The number of rotatable bonds is 6. The summed E-state index contributed by atoms with van der Waals surface area (Å²) in [6.45, 7) is 0. The van der Waals surface area contributed by atoms with Gasteiger partial charge >= 0.3 is 0 Å². The Morgan fingerprint density at radius 1 is 1.23 bits per heavy atom. The first-order valence-corrected chi connectivity index (χ1v) is 8.97. The predicted octanol–water partition coefficient (Wildman–Crippen LogP) is 3.97. The second kappa shape index (κ2) is 7.25. The molecule has 2 N–H and O–H groups in total. The molecule has 1 amide bonds. The Balaban J connectivity index is 1.47. The molecule has 0 bridgehead atoms. The van der Waals surface area contributed by atoms with Gasteiger partial charge < -0.3 is 5.32 Å². The van der Waals surface area contributed by atoms with Crippen LogP contribution in [0, 0.1) is 0 Å². The van der Waals surface area contributed by atoms with Crippen molar-refractivity contribution in [2.24, 2.45) is 0 Å². The lowest BCUT2D eigenvalue weighted by molar-refractivity contribution is -0.116. The molecule has 0 saturated heterocycles. The molecule has 0 aromatic carbocycles. The molecule has 0 unspecified atom stereocenters. The van der Waals surface area contributed by atoms with Crippen molar-refractivity contribution >= 4 is 23.3 Å². The lowest BCUT2D eigenvalue weighted by atomic mass is 10.1. The van der Waals surface area contributed by atoms with Crippen molar-refractivity contribution in [2.45, 2.75) is 31.6 Å². The molecular formula is C19H18ClN5O. The molecule has 132 valence electrons. The highest BCUT2D eigenvalue weighted by atomic mass is 35.5. The molecule has 3 aromatic heterocycles. The van der Waals surface area contributed by atoms with Crippen LogP contribution in [0.15, 0.2) is 42.9 Å². The first-order chi connectivity index (χ1) is 12.7. The summed E-state index contributed by atoms with van der Waals surface area (Å²) in [5, 5.41) is 10.9. The summed E-state index contributed by atoms with van der Waals surface area (Å²) in [6.07, 6.45) is 8.42. The molecule has 1 aliphatic rings. The summed E-state index contributed by atoms with van der Waals surface area (Å²) < 4.78 is 0. The normalized spacial score (nSPS) is 13.6. The minimum atomic E-state index is -0.0493. The molecule has 0 radical (unpaired) electrons. The van der Waals surface area contributed by atoms with Crippen LogP contribution in [-0.2, 0) is 11.2 Å². The number of pyridine rings is 2. The van der Waals surface area contributed by atoms with E-state index in [-0.39, 0.29) is 5.91 Å². The number of nitrogens with zero attached hydrogens (tertiary/aromatic N) is 3. The zero-order chi connectivity index (χ0) is 17.9. The predicted molar refractivity (Wildman–Crippen MR) is 100.0 cm³/mol. The number of halogens is 1. The Kier molecular flexibility index (Phi) is 4.67. The fourth-order valence-corrected chi connectivity index (χ4v) is 3.07. The largest absolute Gasteiger partial charge is 0.311 e. The lowest BCUT2D eigenvalue weighted by Crippen LogP contribution is -2.13. The van der Waals surface area contributed by atoms with E-state index >= 15 is 0 Å². The Labute approximate surface area is 156 Å². The molecule has 0 atom stereocenters. The van der Waals surface area contributed by atoms with Gasteiger partial charge in [0.1, 0.15) is 11.0 Å². The number of carbonyl (C=O) groups is 1. The average Bonchev–Trinajstić information content (AvgIpc) is 3.42. The maximum absolute atomic E-state index is 12.4. The van der Waals surface area contributed by atoms with Gasteiger partial charge in [0.2, 0.25) is 5.91 Å². The van der Waals surface area contributed by atoms with E-state index in [1.165, 1.54) is 0 Å². The first kappa shape index (κ1) is 16.7. The van der Waals surface area contributed by atoms with Crippen LogP contribution in [0.1, 0.15) is 36.3 Å². The van der Waals surface area contributed by atoms with E-state index in [9.17, 15) is 4.79 Å². The lowest BCUT2D eigenvalue weighted by Gasteiger charge is -2.07. The zero-order valence-corrected chi connectivity index (χ0v) is 14.8. The highest BCUT2D eigenvalue weighted by molar-refractivity contribution is 6.29. The second-order valence-electron chi connectivity index (χ2n) is 6.41. The van der Waals surface area contributed by atoms with Crippen molar-refractivity contribution in [1.82, 2.24) is 20.2 Å². The summed E-state index contributed by atoms with van der Waals surface area (Å²) >= 11 is 5.78. The molecule has 6 nitrogen and oxygen atoms in total. The number of hydrogen-bond donors (Lipinski definition) is 2. The molecule has 1 saturated carbocycles. The highest BCUT2D eigenvalue weighted by Crippen LogP contribution is 2.47. The fraction of sp³-hybridized carbons (Fsp3) is 0.263. The number of aryl methyl sites for hydroxylation is 1. The number of nitrogens with one attached hydrogen (secondary N) is 2.